The lowest BCUT2D eigenvalue weighted by molar-refractivity contribution is 0.491. The zero-order valence-electron chi connectivity index (χ0n) is 7.66. The van der Waals surface area contributed by atoms with Gasteiger partial charge in [0.2, 0.25) is 0 Å². The van der Waals surface area contributed by atoms with Gasteiger partial charge in [0.15, 0.2) is 5.22 Å². The quantitative estimate of drug-likeness (QED) is 0.855. The van der Waals surface area contributed by atoms with Crippen LogP contribution in [0.3, 0.4) is 0 Å². The van der Waals surface area contributed by atoms with Crippen LogP contribution < -0.4 is 5.73 Å². The van der Waals surface area contributed by atoms with E-state index in [0.717, 1.165) is 5.56 Å². The molecule has 0 spiro atoms. The fourth-order valence-electron chi connectivity index (χ4n) is 1.37. The first-order chi connectivity index (χ1) is 6.68. The first kappa shape index (κ1) is 9.77. The van der Waals surface area contributed by atoms with E-state index in [2.05, 4.69) is 0 Å². The Morgan fingerprint density at radius 1 is 1.43 bits per heavy atom. The molecule has 2 rings (SSSR count). The van der Waals surface area contributed by atoms with Crippen LogP contribution in [-0.2, 0) is 0 Å². The molecule has 2 heterocycles. The van der Waals surface area contributed by atoms with Crippen molar-refractivity contribution < 1.29 is 4.42 Å². The molecule has 0 fully saturated rings. The van der Waals surface area contributed by atoms with Gasteiger partial charge < -0.3 is 10.2 Å². The lowest BCUT2D eigenvalue weighted by atomic mass is 10.1. The second-order valence-electron chi connectivity index (χ2n) is 3.05. The molecule has 2 aromatic heterocycles. The number of furan rings is 1. The van der Waals surface area contributed by atoms with Crippen LogP contribution in [0.25, 0.3) is 0 Å². The van der Waals surface area contributed by atoms with Gasteiger partial charge in [0.05, 0.1) is 6.04 Å². The lowest BCUT2D eigenvalue weighted by Gasteiger charge is -2.07. The maximum Gasteiger partial charge on any atom is 0.193 e. The SMILES string of the molecule is Cc1sccc1C(N)c1ccc(Cl)o1. The molecule has 2 nitrogen and oxygen atoms in total. The predicted octanol–water partition coefficient (Wildman–Crippen LogP) is 3.35. The van der Waals surface area contributed by atoms with Crippen molar-refractivity contribution in [3.05, 3.63) is 45.0 Å². The van der Waals surface area contributed by atoms with Gasteiger partial charge in [-0.2, -0.15) is 0 Å². The van der Waals surface area contributed by atoms with Gasteiger partial charge in [0.1, 0.15) is 5.76 Å². The monoisotopic (exact) mass is 227 g/mol. The van der Waals surface area contributed by atoms with E-state index in [-0.39, 0.29) is 6.04 Å². The first-order valence-electron chi connectivity index (χ1n) is 4.23. The second kappa shape index (κ2) is 3.77. The summed E-state index contributed by atoms with van der Waals surface area (Å²) in [4.78, 5) is 1.21. The molecule has 0 bridgehead atoms. The Kier molecular flexibility index (Phi) is 2.63. The van der Waals surface area contributed by atoms with Crippen molar-refractivity contribution in [1.29, 1.82) is 0 Å². The number of thiophene rings is 1. The summed E-state index contributed by atoms with van der Waals surface area (Å²) in [6.07, 6.45) is 0. The highest BCUT2D eigenvalue weighted by Gasteiger charge is 2.15. The van der Waals surface area contributed by atoms with Gasteiger partial charge in [-0.15, -0.1) is 11.3 Å². The van der Waals surface area contributed by atoms with E-state index in [0.29, 0.717) is 11.0 Å². The number of hydrogen-bond acceptors (Lipinski definition) is 3. The number of rotatable bonds is 2. The smallest absolute Gasteiger partial charge is 0.193 e. The van der Waals surface area contributed by atoms with Crippen LogP contribution in [0, 0.1) is 6.92 Å². The van der Waals surface area contributed by atoms with Gasteiger partial charge in [-0.05, 0) is 47.7 Å². The molecule has 0 aliphatic heterocycles. The van der Waals surface area contributed by atoms with Gasteiger partial charge in [-0.3, -0.25) is 0 Å². The van der Waals surface area contributed by atoms with Gasteiger partial charge in [0.25, 0.3) is 0 Å². The Morgan fingerprint density at radius 3 is 2.71 bits per heavy atom. The van der Waals surface area contributed by atoms with Crippen LogP contribution in [0.15, 0.2) is 28.0 Å². The molecule has 0 aliphatic rings. The molecule has 74 valence electrons. The molecule has 2 aromatic rings. The third-order valence-electron chi connectivity index (χ3n) is 2.13. The molecule has 1 atom stereocenters. The highest BCUT2D eigenvalue weighted by Crippen LogP contribution is 2.28. The van der Waals surface area contributed by atoms with Crippen molar-refractivity contribution >= 4 is 22.9 Å². The third-order valence-corrected chi connectivity index (χ3v) is 3.20. The van der Waals surface area contributed by atoms with Crippen molar-refractivity contribution in [2.45, 2.75) is 13.0 Å². The van der Waals surface area contributed by atoms with Crippen molar-refractivity contribution in [1.82, 2.24) is 0 Å². The van der Waals surface area contributed by atoms with Gasteiger partial charge >= 0.3 is 0 Å². The van der Waals surface area contributed by atoms with E-state index in [1.165, 1.54) is 4.88 Å². The minimum Gasteiger partial charge on any atom is -0.448 e. The average molecular weight is 228 g/mol. The van der Waals surface area contributed by atoms with E-state index < -0.39 is 0 Å². The fourth-order valence-corrected chi connectivity index (χ4v) is 2.27. The van der Waals surface area contributed by atoms with Crippen molar-refractivity contribution in [2.24, 2.45) is 5.73 Å². The van der Waals surface area contributed by atoms with E-state index in [1.807, 2.05) is 24.4 Å². The third kappa shape index (κ3) is 1.71. The van der Waals surface area contributed by atoms with Crippen LogP contribution >= 0.6 is 22.9 Å². The summed E-state index contributed by atoms with van der Waals surface area (Å²) in [7, 11) is 0. The minimum absolute atomic E-state index is 0.214. The first-order valence-corrected chi connectivity index (χ1v) is 5.49. The van der Waals surface area contributed by atoms with E-state index in [1.54, 1.807) is 17.4 Å². The number of nitrogens with two attached hydrogens (primary N) is 1. The highest BCUT2D eigenvalue weighted by atomic mass is 35.5. The summed E-state index contributed by atoms with van der Waals surface area (Å²) in [5, 5.41) is 2.40. The molecular weight excluding hydrogens is 218 g/mol. The number of hydrogen-bond donors (Lipinski definition) is 1. The second-order valence-corrected chi connectivity index (χ2v) is 4.54. The zero-order valence-corrected chi connectivity index (χ0v) is 9.23. The molecule has 1 unspecified atom stereocenters. The molecule has 2 N–H and O–H groups in total. The molecule has 0 aliphatic carbocycles. The minimum atomic E-state index is -0.214. The largest absolute Gasteiger partial charge is 0.448 e. The Morgan fingerprint density at radius 2 is 2.21 bits per heavy atom. The van der Waals surface area contributed by atoms with E-state index in [4.69, 9.17) is 21.8 Å². The van der Waals surface area contributed by atoms with E-state index >= 15 is 0 Å². The Labute approximate surface area is 91.3 Å². The molecule has 0 radical (unpaired) electrons. The normalized spacial score (nSPS) is 13.1. The van der Waals surface area contributed by atoms with Gasteiger partial charge in [-0.1, -0.05) is 0 Å². The summed E-state index contributed by atoms with van der Waals surface area (Å²) in [5.41, 5.74) is 7.13. The Hall–Kier alpha value is -0.770. The molecular formula is C10H10ClNOS. The number of aryl methyl sites for hydroxylation is 1. The van der Waals surface area contributed by atoms with Crippen LogP contribution in [0.2, 0.25) is 5.22 Å². The van der Waals surface area contributed by atoms with Crippen molar-refractivity contribution in [2.75, 3.05) is 0 Å². The van der Waals surface area contributed by atoms with Crippen molar-refractivity contribution in [3.8, 4) is 0 Å². The topological polar surface area (TPSA) is 39.2 Å². The summed E-state index contributed by atoms with van der Waals surface area (Å²) in [6, 6.07) is 5.32. The van der Waals surface area contributed by atoms with Gasteiger partial charge in [0, 0.05) is 4.88 Å². The van der Waals surface area contributed by atoms with Crippen LogP contribution in [-0.4, -0.2) is 0 Å². The standard InChI is InChI=1S/C10H10ClNOS/c1-6-7(4-5-14-6)10(12)8-2-3-9(11)13-8/h2-5,10H,12H2,1H3. The summed E-state index contributed by atoms with van der Waals surface area (Å²) >= 11 is 7.37. The molecule has 0 aromatic carbocycles. The lowest BCUT2D eigenvalue weighted by Crippen LogP contribution is -2.10. The predicted molar refractivity (Wildman–Crippen MR) is 58.8 cm³/mol. The summed E-state index contributed by atoms with van der Waals surface area (Å²) in [6.45, 7) is 2.05. The van der Waals surface area contributed by atoms with Gasteiger partial charge in [-0.25, -0.2) is 0 Å². The Balaban J connectivity index is 2.33. The molecule has 14 heavy (non-hydrogen) atoms. The molecule has 0 saturated heterocycles. The molecule has 0 amide bonds. The zero-order chi connectivity index (χ0) is 10.1. The average Bonchev–Trinajstić information content (AvgIpc) is 2.73. The van der Waals surface area contributed by atoms with E-state index in [9.17, 15) is 0 Å². The maximum atomic E-state index is 6.03. The number of halogens is 1. The van der Waals surface area contributed by atoms with Crippen LogP contribution in [0.1, 0.15) is 22.2 Å². The fraction of sp³-hybridized carbons (Fsp3) is 0.200. The van der Waals surface area contributed by atoms with Crippen LogP contribution in [0.5, 0.6) is 0 Å². The molecule has 0 saturated carbocycles. The summed E-state index contributed by atoms with van der Waals surface area (Å²) in [5.74, 6) is 0.705. The highest BCUT2D eigenvalue weighted by molar-refractivity contribution is 7.10. The Bertz CT molecular complexity index is 435. The summed E-state index contributed by atoms with van der Waals surface area (Å²) < 4.78 is 5.27. The maximum absolute atomic E-state index is 6.03. The van der Waals surface area contributed by atoms with Crippen LogP contribution in [0.4, 0.5) is 0 Å². The van der Waals surface area contributed by atoms with Crippen molar-refractivity contribution in [3.63, 3.8) is 0 Å². The molecule has 4 heteroatoms.